The van der Waals surface area contributed by atoms with Gasteiger partial charge in [0.1, 0.15) is 6.23 Å². The van der Waals surface area contributed by atoms with Crippen LogP contribution in [0.3, 0.4) is 0 Å². The summed E-state index contributed by atoms with van der Waals surface area (Å²) >= 11 is 0. The van der Waals surface area contributed by atoms with Gasteiger partial charge < -0.3 is 19.9 Å². The van der Waals surface area contributed by atoms with E-state index >= 15 is 0 Å². The van der Waals surface area contributed by atoms with Crippen molar-refractivity contribution in [2.45, 2.75) is 57.0 Å². The highest BCUT2D eigenvalue weighted by Gasteiger charge is 2.40. The highest BCUT2D eigenvalue weighted by molar-refractivity contribution is 5.74. The van der Waals surface area contributed by atoms with Crippen LogP contribution in [-0.2, 0) is 6.54 Å². The summed E-state index contributed by atoms with van der Waals surface area (Å²) in [4.78, 5) is 16.8. The number of nitrogens with zero attached hydrogens (tertiary/aromatic N) is 3. The van der Waals surface area contributed by atoms with Crippen LogP contribution in [0.2, 0.25) is 0 Å². The van der Waals surface area contributed by atoms with Crippen molar-refractivity contribution in [3.8, 4) is 11.5 Å². The van der Waals surface area contributed by atoms with Gasteiger partial charge in [-0.15, -0.1) is 0 Å². The Morgan fingerprint density at radius 1 is 1.26 bits per heavy atom. The minimum Gasteiger partial charge on any atom is -0.493 e. The summed E-state index contributed by atoms with van der Waals surface area (Å²) in [6, 6.07) is 9.04. The van der Waals surface area contributed by atoms with Crippen LogP contribution in [0.25, 0.3) is 0 Å². The third-order valence-corrected chi connectivity index (χ3v) is 6.05. The van der Waals surface area contributed by atoms with Gasteiger partial charge in [0, 0.05) is 32.4 Å². The Bertz CT molecular complexity index is 888. The van der Waals surface area contributed by atoms with Gasteiger partial charge in [0.05, 0.1) is 19.3 Å². The van der Waals surface area contributed by atoms with Crippen LogP contribution in [0.1, 0.15) is 49.3 Å². The van der Waals surface area contributed by atoms with Crippen molar-refractivity contribution in [3.05, 3.63) is 53.9 Å². The molecule has 0 radical (unpaired) electrons. The third-order valence-electron chi connectivity index (χ3n) is 6.05. The molecule has 2 aliphatic rings. The molecule has 0 bridgehead atoms. The Morgan fingerprint density at radius 2 is 2.06 bits per heavy atom. The zero-order valence-electron chi connectivity index (χ0n) is 18.0. The molecular weight excluding hydrogens is 396 g/mol. The number of pyridine rings is 1. The Balaban J connectivity index is 1.46. The Labute approximate surface area is 182 Å². The number of nitrogens with one attached hydrogen (secondary N) is 1. The van der Waals surface area contributed by atoms with E-state index in [0.29, 0.717) is 24.5 Å². The lowest BCUT2D eigenvalue weighted by atomic mass is 10.0. The maximum absolute atomic E-state index is 12.8. The van der Waals surface area contributed by atoms with Crippen LogP contribution in [0.5, 0.6) is 11.5 Å². The zero-order valence-corrected chi connectivity index (χ0v) is 18.0. The summed E-state index contributed by atoms with van der Waals surface area (Å²) in [6.45, 7) is 0.344. The SMILES string of the molecule is COc1ccc([C@@H]2C[C@H](O)N(C(=O)NCc3cccnc3)N2C)cc1OC1CCCC1. The maximum Gasteiger partial charge on any atom is 0.334 e. The third kappa shape index (κ3) is 4.75. The molecule has 2 heterocycles. The first-order valence-corrected chi connectivity index (χ1v) is 10.8. The van der Waals surface area contributed by atoms with E-state index in [9.17, 15) is 9.90 Å². The average molecular weight is 427 g/mol. The van der Waals surface area contributed by atoms with Gasteiger partial charge in [-0.1, -0.05) is 12.1 Å². The van der Waals surface area contributed by atoms with Crippen molar-refractivity contribution in [3.63, 3.8) is 0 Å². The first kappa shape index (κ1) is 21.4. The van der Waals surface area contributed by atoms with Gasteiger partial charge in [0.2, 0.25) is 0 Å². The molecule has 2 amide bonds. The van der Waals surface area contributed by atoms with Crippen molar-refractivity contribution in [1.29, 1.82) is 0 Å². The molecule has 1 aromatic carbocycles. The van der Waals surface area contributed by atoms with Crippen LogP contribution in [0, 0.1) is 0 Å². The fourth-order valence-electron chi connectivity index (χ4n) is 4.38. The summed E-state index contributed by atoms with van der Waals surface area (Å²) in [5.41, 5.74) is 1.87. The average Bonchev–Trinajstić information content (AvgIpc) is 3.40. The zero-order chi connectivity index (χ0) is 21.8. The molecule has 31 heavy (non-hydrogen) atoms. The van der Waals surface area contributed by atoms with E-state index in [1.165, 1.54) is 17.9 Å². The standard InChI is InChI=1S/C23H30N4O4/c1-26-19(13-22(28)27(26)23(29)25-15-16-6-5-11-24-14-16)17-9-10-20(30-2)21(12-17)31-18-7-3-4-8-18/h5-6,9-12,14,18-19,22,28H,3-4,7-8,13,15H2,1-2H3,(H,25,29)/t19-,22-/m0/s1. The Hall–Kier alpha value is -2.84. The first-order valence-electron chi connectivity index (χ1n) is 10.8. The molecule has 1 aliphatic heterocycles. The Kier molecular flexibility index (Phi) is 6.58. The van der Waals surface area contributed by atoms with Gasteiger partial charge in [-0.25, -0.2) is 14.8 Å². The Morgan fingerprint density at radius 3 is 2.77 bits per heavy atom. The summed E-state index contributed by atoms with van der Waals surface area (Å²) in [7, 11) is 3.45. The fraction of sp³-hybridized carbons (Fsp3) is 0.478. The largest absolute Gasteiger partial charge is 0.493 e. The number of benzene rings is 1. The highest BCUT2D eigenvalue weighted by Crippen LogP contribution is 2.39. The van der Waals surface area contributed by atoms with E-state index in [2.05, 4.69) is 10.3 Å². The van der Waals surface area contributed by atoms with E-state index in [-0.39, 0.29) is 18.2 Å². The number of carbonyl (C=O) groups excluding carboxylic acids is 1. The van der Waals surface area contributed by atoms with Crippen LogP contribution < -0.4 is 14.8 Å². The number of amides is 2. The smallest absolute Gasteiger partial charge is 0.334 e. The molecule has 2 fully saturated rings. The molecule has 166 valence electrons. The van der Waals surface area contributed by atoms with E-state index in [4.69, 9.17) is 9.47 Å². The van der Waals surface area contributed by atoms with Gasteiger partial charge in [-0.2, -0.15) is 0 Å². The maximum atomic E-state index is 12.8. The number of urea groups is 1. The summed E-state index contributed by atoms with van der Waals surface area (Å²) in [5.74, 6) is 1.41. The van der Waals surface area contributed by atoms with Crippen LogP contribution >= 0.6 is 0 Å². The lowest BCUT2D eigenvalue weighted by Gasteiger charge is -2.30. The van der Waals surface area contributed by atoms with E-state index in [0.717, 1.165) is 24.0 Å². The number of hydrazine groups is 1. The minimum atomic E-state index is -0.912. The topological polar surface area (TPSA) is 87.2 Å². The number of aliphatic hydroxyl groups excluding tert-OH is 1. The molecule has 1 aromatic heterocycles. The molecule has 8 nitrogen and oxygen atoms in total. The van der Waals surface area contributed by atoms with Crippen molar-refractivity contribution >= 4 is 6.03 Å². The summed E-state index contributed by atoms with van der Waals surface area (Å²) in [5, 5.41) is 16.6. The number of methoxy groups -OCH3 is 1. The van der Waals surface area contributed by atoms with Gasteiger partial charge in [-0.3, -0.25) is 4.98 Å². The van der Waals surface area contributed by atoms with E-state index in [1.807, 2.05) is 37.4 Å². The lowest BCUT2D eigenvalue weighted by molar-refractivity contribution is -0.0386. The normalized spacial score (nSPS) is 22.0. The van der Waals surface area contributed by atoms with Gasteiger partial charge in [0.15, 0.2) is 11.5 Å². The number of rotatable bonds is 6. The van der Waals surface area contributed by atoms with Gasteiger partial charge >= 0.3 is 6.03 Å². The number of ether oxygens (including phenoxy) is 2. The second kappa shape index (κ2) is 9.53. The second-order valence-corrected chi connectivity index (χ2v) is 8.10. The molecule has 8 heteroatoms. The molecule has 1 saturated carbocycles. The number of hydrogen-bond acceptors (Lipinski definition) is 6. The van der Waals surface area contributed by atoms with Crippen molar-refractivity contribution in [2.24, 2.45) is 0 Å². The monoisotopic (exact) mass is 426 g/mol. The number of aromatic nitrogens is 1. The van der Waals surface area contributed by atoms with Crippen LogP contribution in [-0.4, -0.2) is 52.6 Å². The van der Waals surface area contributed by atoms with Crippen molar-refractivity contribution in [1.82, 2.24) is 20.3 Å². The molecule has 2 aromatic rings. The number of carbonyl (C=O) groups is 1. The summed E-state index contributed by atoms with van der Waals surface area (Å²) < 4.78 is 11.7. The molecule has 0 spiro atoms. The molecule has 2 N–H and O–H groups in total. The van der Waals surface area contributed by atoms with Crippen LogP contribution in [0.4, 0.5) is 4.79 Å². The molecule has 2 atom stereocenters. The second-order valence-electron chi connectivity index (χ2n) is 8.10. The number of hydrogen-bond donors (Lipinski definition) is 2. The molecule has 1 saturated heterocycles. The molecule has 4 rings (SSSR count). The van der Waals surface area contributed by atoms with Crippen molar-refractivity contribution in [2.75, 3.05) is 14.2 Å². The predicted octanol–water partition coefficient (Wildman–Crippen LogP) is 3.23. The van der Waals surface area contributed by atoms with Crippen LogP contribution in [0.15, 0.2) is 42.7 Å². The molecule has 0 unspecified atom stereocenters. The van der Waals surface area contributed by atoms with Gasteiger partial charge in [0.25, 0.3) is 0 Å². The van der Waals surface area contributed by atoms with E-state index < -0.39 is 6.23 Å². The minimum absolute atomic E-state index is 0.157. The highest BCUT2D eigenvalue weighted by atomic mass is 16.5. The van der Waals surface area contributed by atoms with Crippen molar-refractivity contribution < 1.29 is 19.4 Å². The van der Waals surface area contributed by atoms with E-state index in [1.54, 1.807) is 24.5 Å². The quantitative estimate of drug-likeness (QED) is 0.738. The molecule has 1 aliphatic carbocycles. The first-order chi connectivity index (χ1) is 15.1. The predicted molar refractivity (Wildman–Crippen MR) is 115 cm³/mol. The van der Waals surface area contributed by atoms with Gasteiger partial charge in [-0.05, 0) is 55.0 Å². The lowest BCUT2D eigenvalue weighted by Crippen LogP contribution is -2.48. The number of aliphatic hydroxyl groups is 1. The molecular formula is C23H30N4O4. The summed E-state index contributed by atoms with van der Waals surface area (Å²) in [6.07, 6.45) is 7.59. The fourth-order valence-corrected chi connectivity index (χ4v) is 4.38.